The summed E-state index contributed by atoms with van der Waals surface area (Å²) in [5.41, 5.74) is 0.524. The summed E-state index contributed by atoms with van der Waals surface area (Å²) in [6, 6.07) is 6.56. The van der Waals surface area contributed by atoms with Crippen LogP contribution in [0, 0.1) is 0 Å². The second-order valence-corrected chi connectivity index (χ2v) is 7.49. The van der Waals surface area contributed by atoms with Crippen LogP contribution < -0.4 is 4.31 Å². The molecule has 0 aliphatic carbocycles. The fourth-order valence-corrected chi connectivity index (χ4v) is 3.47. The van der Waals surface area contributed by atoms with Gasteiger partial charge in [0, 0.05) is 31.1 Å². The summed E-state index contributed by atoms with van der Waals surface area (Å²) in [4.78, 5) is 13.8. The summed E-state index contributed by atoms with van der Waals surface area (Å²) < 4.78 is 25.1. The SMILES string of the molecule is CS(=O)(=O)N(CCC(=O)N1CCCC1)c1ccc(Cl)cc1. The molecule has 0 aromatic heterocycles. The lowest BCUT2D eigenvalue weighted by Gasteiger charge is -2.23. The van der Waals surface area contributed by atoms with Crippen molar-refractivity contribution in [1.29, 1.82) is 0 Å². The number of hydrogen-bond acceptors (Lipinski definition) is 3. The molecule has 0 atom stereocenters. The van der Waals surface area contributed by atoms with Crippen molar-refractivity contribution in [1.82, 2.24) is 4.90 Å². The van der Waals surface area contributed by atoms with Crippen LogP contribution in [0.5, 0.6) is 0 Å². The average Bonchev–Trinajstić information content (AvgIpc) is 2.93. The Kier molecular flexibility index (Phi) is 5.11. The van der Waals surface area contributed by atoms with Crippen molar-refractivity contribution in [3.8, 4) is 0 Å². The predicted molar refractivity (Wildman–Crippen MR) is 84.1 cm³/mol. The van der Waals surface area contributed by atoms with Crippen LogP contribution in [0.15, 0.2) is 24.3 Å². The maximum atomic E-state index is 12.0. The molecule has 1 aromatic rings. The van der Waals surface area contributed by atoms with Gasteiger partial charge in [-0.3, -0.25) is 9.10 Å². The van der Waals surface area contributed by atoms with Crippen LogP contribution in [0.25, 0.3) is 0 Å². The predicted octanol–water partition coefficient (Wildman–Crippen LogP) is 2.12. The molecule has 116 valence electrons. The Labute approximate surface area is 130 Å². The zero-order valence-corrected chi connectivity index (χ0v) is 13.5. The summed E-state index contributed by atoms with van der Waals surface area (Å²) in [6.07, 6.45) is 3.38. The highest BCUT2D eigenvalue weighted by molar-refractivity contribution is 7.92. The van der Waals surface area contributed by atoms with Crippen molar-refractivity contribution in [2.24, 2.45) is 0 Å². The molecule has 2 rings (SSSR count). The smallest absolute Gasteiger partial charge is 0.232 e. The molecule has 0 spiro atoms. The molecule has 0 unspecified atom stereocenters. The number of benzene rings is 1. The normalized spacial score (nSPS) is 15.2. The van der Waals surface area contributed by atoms with Crippen LogP contribution in [-0.4, -0.2) is 45.1 Å². The van der Waals surface area contributed by atoms with Gasteiger partial charge in [0.15, 0.2) is 0 Å². The van der Waals surface area contributed by atoms with Gasteiger partial charge in [-0.2, -0.15) is 0 Å². The standard InChI is InChI=1S/C14H19ClN2O3S/c1-21(19,20)17(13-6-4-12(15)5-7-13)11-8-14(18)16-9-2-3-10-16/h4-7H,2-3,8-11H2,1H3. The lowest BCUT2D eigenvalue weighted by Crippen LogP contribution is -2.35. The van der Waals surface area contributed by atoms with Gasteiger partial charge in [-0.15, -0.1) is 0 Å². The molecule has 0 bridgehead atoms. The highest BCUT2D eigenvalue weighted by atomic mass is 35.5. The van der Waals surface area contributed by atoms with E-state index < -0.39 is 10.0 Å². The van der Waals surface area contributed by atoms with Gasteiger partial charge < -0.3 is 4.90 Å². The number of likely N-dealkylation sites (tertiary alicyclic amines) is 1. The van der Waals surface area contributed by atoms with Crippen LogP contribution in [-0.2, 0) is 14.8 Å². The molecule has 1 amide bonds. The van der Waals surface area contributed by atoms with E-state index in [4.69, 9.17) is 11.6 Å². The van der Waals surface area contributed by atoms with Gasteiger partial charge in [-0.05, 0) is 37.1 Å². The highest BCUT2D eigenvalue weighted by Crippen LogP contribution is 2.21. The molecule has 1 aromatic carbocycles. The molecular formula is C14H19ClN2O3S. The van der Waals surface area contributed by atoms with Crippen LogP contribution in [0.4, 0.5) is 5.69 Å². The molecule has 0 N–H and O–H groups in total. The van der Waals surface area contributed by atoms with Gasteiger partial charge in [-0.25, -0.2) is 8.42 Å². The third-order valence-electron chi connectivity index (χ3n) is 3.50. The van der Waals surface area contributed by atoms with Crippen LogP contribution >= 0.6 is 11.6 Å². The molecular weight excluding hydrogens is 312 g/mol. The summed E-state index contributed by atoms with van der Waals surface area (Å²) in [6.45, 7) is 1.70. The zero-order valence-electron chi connectivity index (χ0n) is 12.0. The number of nitrogens with zero attached hydrogens (tertiary/aromatic N) is 2. The summed E-state index contributed by atoms with van der Waals surface area (Å²) in [5, 5.41) is 0.542. The van der Waals surface area contributed by atoms with Gasteiger partial charge in [-0.1, -0.05) is 11.6 Å². The summed E-state index contributed by atoms with van der Waals surface area (Å²) >= 11 is 5.82. The second-order valence-electron chi connectivity index (χ2n) is 5.15. The Morgan fingerprint density at radius 3 is 2.33 bits per heavy atom. The van der Waals surface area contributed by atoms with E-state index in [0.717, 1.165) is 32.2 Å². The van der Waals surface area contributed by atoms with Gasteiger partial charge >= 0.3 is 0 Å². The Morgan fingerprint density at radius 2 is 1.81 bits per heavy atom. The summed E-state index contributed by atoms with van der Waals surface area (Å²) in [5.74, 6) is 0.00936. The minimum Gasteiger partial charge on any atom is -0.343 e. The monoisotopic (exact) mass is 330 g/mol. The number of halogens is 1. The number of anilines is 1. The maximum absolute atomic E-state index is 12.0. The minimum absolute atomic E-state index is 0.00936. The molecule has 5 nitrogen and oxygen atoms in total. The van der Waals surface area contributed by atoms with Crippen LogP contribution in [0.3, 0.4) is 0 Å². The number of rotatable bonds is 5. The molecule has 0 radical (unpaired) electrons. The third-order valence-corrected chi connectivity index (χ3v) is 4.95. The molecule has 1 aliphatic heterocycles. The first kappa shape index (κ1) is 16.1. The van der Waals surface area contributed by atoms with Gasteiger partial charge in [0.05, 0.1) is 11.9 Å². The Bertz CT molecular complexity index is 595. The third kappa shape index (κ3) is 4.35. The summed E-state index contributed by atoms with van der Waals surface area (Å²) in [7, 11) is -3.43. The molecule has 7 heteroatoms. The maximum Gasteiger partial charge on any atom is 0.232 e. The Morgan fingerprint density at radius 1 is 1.24 bits per heavy atom. The number of sulfonamides is 1. The molecule has 1 aliphatic rings. The van der Waals surface area contributed by atoms with E-state index in [1.54, 1.807) is 29.2 Å². The molecule has 21 heavy (non-hydrogen) atoms. The van der Waals surface area contributed by atoms with E-state index in [1.807, 2.05) is 0 Å². The van der Waals surface area contributed by atoms with Crippen molar-refractivity contribution in [3.63, 3.8) is 0 Å². The number of carbonyl (C=O) groups excluding carboxylic acids is 1. The van der Waals surface area contributed by atoms with E-state index in [9.17, 15) is 13.2 Å². The van der Waals surface area contributed by atoms with Crippen molar-refractivity contribution in [3.05, 3.63) is 29.3 Å². The number of hydrogen-bond donors (Lipinski definition) is 0. The highest BCUT2D eigenvalue weighted by Gasteiger charge is 2.22. The molecule has 1 heterocycles. The Balaban J connectivity index is 2.07. The second kappa shape index (κ2) is 6.66. The van der Waals surface area contributed by atoms with Gasteiger partial charge in [0.1, 0.15) is 0 Å². The largest absolute Gasteiger partial charge is 0.343 e. The fraction of sp³-hybridized carbons (Fsp3) is 0.500. The first-order chi connectivity index (χ1) is 9.88. The van der Waals surface area contributed by atoms with Crippen LogP contribution in [0.2, 0.25) is 5.02 Å². The minimum atomic E-state index is -3.43. The first-order valence-corrected chi connectivity index (χ1v) is 9.11. The van der Waals surface area contributed by atoms with E-state index >= 15 is 0 Å². The van der Waals surface area contributed by atoms with Crippen molar-refractivity contribution < 1.29 is 13.2 Å². The van der Waals surface area contributed by atoms with E-state index in [0.29, 0.717) is 10.7 Å². The van der Waals surface area contributed by atoms with Crippen molar-refractivity contribution in [2.45, 2.75) is 19.3 Å². The van der Waals surface area contributed by atoms with Crippen LogP contribution in [0.1, 0.15) is 19.3 Å². The van der Waals surface area contributed by atoms with Gasteiger partial charge in [0.25, 0.3) is 0 Å². The topological polar surface area (TPSA) is 57.7 Å². The van der Waals surface area contributed by atoms with Gasteiger partial charge in [0.2, 0.25) is 15.9 Å². The van der Waals surface area contributed by atoms with Crippen molar-refractivity contribution >= 4 is 33.2 Å². The fourth-order valence-electron chi connectivity index (χ4n) is 2.42. The zero-order chi connectivity index (χ0) is 15.5. The molecule has 0 saturated carbocycles. The number of carbonyl (C=O) groups is 1. The van der Waals surface area contributed by atoms with E-state index in [2.05, 4.69) is 0 Å². The average molecular weight is 331 g/mol. The molecule has 1 fully saturated rings. The van der Waals surface area contributed by atoms with E-state index in [1.165, 1.54) is 4.31 Å². The first-order valence-electron chi connectivity index (χ1n) is 6.89. The number of amides is 1. The van der Waals surface area contributed by atoms with E-state index in [-0.39, 0.29) is 18.9 Å². The van der Waals surface area contributed by atoms with Crippen molar-refractivity contribution in [2.75, 3.05) is 30.2 Å². The Hall–Kier alpha value is -1.27. The lowest BCUT2D eigenvalue weighted by molar-refractivity contribution is -0.129. The molecule has 1 saturated heterocycles. The lowest BCUT2D eigenvalue weighted by atomic mass is 10.3. The quantitative estimate of drug-likeness (QED) is 0.831.